The van der Waals surface area contributed by atoms with Crippen LogP contribution in [-0.4, -0.2) is 41.8 Å². The Morgan fingerprint density at radius 3 is 2.03 bits per heavy atom. The van der Waals surface area contributed by atoms with E-state index in [0.29, 0.717) is 11.5 Å². The Kier molecular flexibility index (Phi) is 7.02. The first-order valence-corrected chi connectivity index (χ1v) is 11.3. The van der Waals surface area contributed by atoms with Crippen LogP contribution in [0.4, 0.5) is 5.69 Å². The summed E-state index contributed by atoms with van der Waals surface area (Å²) in [5, 5.41) is 2.98. The molecule has 0 fully saturated rings. The highest BCUT2D eigenvalue weighted by Gasteiger charge is 2.25. The van der Waals surface area contributed by atoms with Crippen molar-refractivity contribution in [2.75, 3.05) is 31.8 Å². The first-order valence-electron chi connectivity index (χ1n) is 9.49. The van der Waals surface area contributed by atoms with Gasteiger partial charge < -0.3 is 14.8 Å². The molecule has 0 unspecified atom stereocenters. The van der Waals surface area contributed by atoms with E-state index in [1.807, 2.05) is 27.7 Å². The lowest BCUT2D eigenvalue weighted by Crippen LogP contribution is -2.31. The first-order chi connectivity index (χ1) is 13.9. The number of rotatable bonds is 7. The van der Waals surface area contributed by atoms with Crippen LogP contribution in [0.15, 0.2) is 24.3 Å². The zero-order valence-electron chi connectivity index (χ0n) is 18.8. The third-order valence-corrected chi connectivity index (χ3v) is 6.47. The van der Waals surface area contributed by atoms with Crippen molar-refractivity contribution >= 4 is 21.6 Å². The van der Waals surface area contributed by atoms with Crippen LogP contribution in [0.3, 0.4) is 0 Å². The summed E-state index contributed by atoms with van der Waals surface area (Å²) in [6, 6.07) is 6.85. The van der Waals surface area contributed by atoms with Gasteiger partial charge in [-0.25, -0.2) is 8.42 Å². The number of amides is 1. The van der Waals surface area contributed by atoms with Gasteiger partial charge in [0.05, 0.1) is 37.8 Å². The number of methoxy groups -OCH3 is 2. The molecule has 164 valence electrons. The molecule has 8 heteroatoms. The maximum Gasteiger partial charge on any atom is 0.254 e. The number of nitrogens with one attached hydrogen (secondary N) is 1. The number of aryl methyl sites for hydroxylation is 3. The van der Waals surface area contributed by atoms with E-state index >= 15 is 0 Å². The lowest BCUT2D eigenvalue weighted by atomic mass is 9.96. The molecule has 0 bridgehead atoms. The molecule has 1 atom stereocenters. The van der Waals surface area contributed by atoms with Gasteiger partial charge in [0.1, 0.15) is 0 Å². The second-order valence-electron chi connectivity index (χ2n) is 7.44. The Morgan fingerprint density at radius 1 is 0.967 bits per heavy atom. The molecular weight excluding hydrogens is 404 g/mol. The number of hydrogen-bond donors (Lipinski definition) is 1. The Morgan fingerprint density at radius 2 is 1.50 bits per heavy atom. The highest BCUT2D eigenvalue weighted by molar-refractivity contribution is 7.92. The lowest BCUT2D eigenvalue weighted by molar-refractivity contribution is 0.0940. The van der Waals surface area contributed by atoms with E-state index in [1.54, 1.807) is 0 Å². The van der Waals surface area contributed by atoms with Gasteiger partial charge >= 0.3 is 0 Å². The molecule has 0 saturated carbocycles. The quantitative estimate of drug-likeness (QED) is 0.721. The molecule has 2 aromatic rings. The Hall–Kier alpha value is -2.74. The van der Waals surface area contributed by atoms with Crippen molar-refractivity contribution in [3.8, 4) is 11.5 Å². The van der Waals surface area contributed by atoms with Gasteiger partial charge in [-0.15, -0.1) is 0 Å². The fourth-order valence-corrected chi connectivity index (χ4v) is 3.80. The number of ether oxygens (including phenoxy) is 2. The van der Waals surface area contributed by atoms with Gasteiger partial charge in [-0.05, 0) is 56.0 Å². The van der Waals surface area contributed by atoms with Crippen LogP contribution in [0.2, 0.25) is 0 Å². The van der Waals surface area contributed by atoms with Crippen LogP contribution in [-0.2, 0) is 10.0 Å². The molecule has 0 radical (unpaired) electrons. The number of carbonyl (C=O) groups is 1. The molecule has 0 heterocycles. The van der Waals surface area contributed by atoms with Crippen molar-refractivity contribution in [2.45, 2.75) is 33.7 Å². The average molecular weight is 435 g/mol. The standard InChI is InChI=1S/C22H30N2O5S/c1-13-9-15(3)17(10-14(13)2)16(4)23-22(25)18-11-20(28-6)21(29-7)12-19(18)24(5)30(8,26)27/h9-12,16H,1-8H3,(H,23,25)/t16-/m1/s1. The molecule has 0 aliphatic heterocycles. The second kappa shape index (κ2) is 8.95. The number of hydrogen-bond acceptors (Lipinski definition) is 5. The number of benzene rings is 2. The first kappa shape index (κ1) is 23.5. The minimum Gasteiger partial charge on any atom is -0.493 e. The van der Waals surface area contributed by atoms with Gasteiger partial charge in [0, 0.05) is 13.1 Å². The SMILES string of the molecule is COc1cc(C(=O)N[C@H](C)c2cc(C)c(C)cc2C)c(N(C)S(C)(=O)=O)cc1OC. The van der Waals surface area contributed by atoms with Crippen LogP contribution in [0.1, 0.15) is 45.6 Å². The predicted molar refractivity (Wildman–Crippen MR) is 119 cm³/mol. The van der Waals surface area contributed by atoms with Crippen molar-refractivity contribution in [2.24, 2.45) is 0 Å². The minimum atomic E-state index is -3.60. The summed E-state index contributed by atoms with van der Waals surface area (Å²) in [4.78, 5) is 13.2. The van der Waals surface area contributed by atoms with Gasteiger partial charge in [-0.2, -0.15) is 0 Å². The zero-order valence-corrected chi connectivity index (χ0v) is 19.6. The topological polar surface area (TPSA) is 84.9 Å². The molecule has 1 amide bonds. The third-order valence-electron chi connectivity index (χ3n) is 5.28. The van der Waals surface area contributed by atoms with Crippen molar-refractivity contribution in [3.05, 3.63) is 52.1 Å². The molecule has 30 heavy (non-hydrogen) atoms. The van der Waals surface area contributed by atoms with Crippen molar-refractivity contribution < 1.29 is 22.7 Å². The van der Waals surface area contributed by atoms with Crippen molar-refractivity contribution in [3.63, 3.8) is 0 Å². The number of anilines is 1. The smallest absolute Gasteiger partial charge is 0.254 e. The summed E-state index contributed by atoms with van der Waals surface area (Å²) in [6.45, 7) is 7.98. The van der Waals surface area contributed by atoms with Gasteiger partial charge in [0.2, 0.25) is 10.0 Å². The Labute approximate surface area is 179 Å². The van der Waals surface area contributed by atoms with Gasteiger partial charge in [-0.1, -0.05) is 12.1 Å². The normalized spacial score (nSPS) is 12.3. The fourth-order valence-electron chi connectivity index (χ4n) is 3.29. The van der Waals surface area contributed by atoms with E-state index in [-0.39, 0.29) is 17.3 Å². The molecule has 1 N–H and O–H groups in total. The molecule has 0 saturated heterocycles. The maximum atomic E-state index is 13.2. The molecule has 0 aliphatic rings. The van der Waals surface area contributed by atoms with E-state index in [9.17, 15) is 13.2 Å². The average Bonchev–Trinajstić information content (AvgIpc) is 2.68. The maximum absolute atomic E-state index is 13.2. The Balaban J connectivity index is 2.51. The van der Waals surface area contributed by atoms with Crippen LogP contribution in [0.25, 0.3) is 0 Å². The zero-order chi connectivity index (χ0) is 22.8. The summed E-state index contributed by atoms with van der Waals surface area (Å²) >= 11 is 0. The molecule has 0 aromatic heterocycles. The van der Waals surface area contributed by atoms with Crippen molar-refractivity contribution in [1.82, 2.24) is 5.32 Å². The molecular formula is C22H30N2O5S. The monoisotopic (exact) mass is 434 g/mol. The van der Waals surface area contributed by atoms with E-state index in [0.717, 1.165) is 27.3 Å². The Bertz CT molecular complexity index is 1060. The van der Waals surface area contributed by atoms with Crippen LogP contribution in [0, 0.1) is 20.8 Å². The largest absolute Gasteiger partial charge is 0.493 e. The van der Waals surface area contributed by atoms with E-state index in [4.69, 9.17) is 9.47 Å². The minimum absolute atomic E-state index is 0.175. The van der Waals surface area contributed by atoms with Gasteiger partial charge in [0.25, 0.3) is 5.91 Å². The predicted octanol–water partition coefficient (Wildman–Crippen LogP) is 3.52. The third kappa shape index (κ3) is 4.87. The highest BCUT2D eigenvalue weighted by atomic mass is 32.2. The summed E-state index contributed by atoms with van der Waals surface area (Å²) in [7, 11) is 0.706. The summed E-state index contributed by atoms with van der Waals surface area (Å²) in [5.74, 6) is 0.257. The van der Waals surface area contributed by atoms with Crippen molar-refractivity contribution in [1.29, 1.82) is 0 Å². The molecule has 2 aromatic carbocycles. The summed E-state index contributed by atoms with van der Waals surface area (Å²) in [6.07, 6.45) is 1.08. The van der Waals surface area contributed by atoms with Gasteiger partial charge in [-0.3, -0.25) is 9.10 Å². The van der Waals surface area contributed by atoms with E-state index < -0.39 is 15.9 Å². The highest BCUT2D eigenvalue weighted by Crippen LogP contribution is 2.36. The number of carbonyl (C=O) groups excluding carboxylic acids is 1. The fraction of sp³-hybridized carbons (Fsp3) is 0.409. The summed E-state index contributed by atoms with van der Waals surface area (Å²) < 4.78 is 35.9. The van der Waals surface area contributed by atoms with E-state index in [1.165, 1.54) is 39.0 Å². The lowest BCUT2D eigenvalue weighted by Gasteiger charge is -2.23. The molecule has 0 aliphatic carbocycles. The van der Waals surface area contributed by atoms with Crippen LogP contribution in [0.5, 0.6) is 11.5 Å². The number of nitrogens with zero attached hydrogens (tertiary/aromatic N) is 1. The molecule has 7 nitrogen and oxygen atoms in total. The summed E-state index contributed by atoms with van der Waals surface area (Å²) in [5.41, 5.74) is 4.79. The van der Waals surface area contributed by atoms with Crippen LogP contribution < -0.4 is 19.1 Å². The molecule has 2 rings (SSSR count). The van der Waals surface area contributed by atoms with Gasteiger partial charge in [0.15, 0.2) is 11.5 Å². The second-order valence-corrected chi connectivity index (χ2v) is 9.46. The van der Waals surface area contributed by atoms with Crippen LogP contribution >= 0.6 is 0 Å². The number of sulfonamides is 1. The molecule has 0 spiro atoms. The van der Waals surface area contributed by atoms with E-state index in [2.05, 4.69) is 17.4 Å².